The Morgan fingerprint density at radius 1 is 1.29 bits per heavy atom. The van der Waals surface area contributed by atoms with Gasteiger partial charge in [0.25, 0.3) is 0 Å². The molecule has 1 atom stereocenters. The van der Waals surface area contributed by atoms with Crippen LogP contribution in [0.15, 0.2) is 0 Å². The third kappa shape index (κ3) is 8.95. The lowest BCUT2D eigenvalue weighted by Crippen LogP contribution is -2.34. The van der Waals surface area contributed by atoms with Gasteiger partial charge in [0.05, 0.1) is 12.7 Å². The predicted molar refractivity (Wildman–Crippen MR) is 58.3 cm³/mol. The van der Waals surface area contributed by atoms with E-state index >= 15 is 0 Å². The summed E-state index contributed by atoms with van der Waals surface area (Å²) in [6.07, 6.45) is -3.52. The van der Waals surface area contributed by atoms with Crippen LogP contribution in [0.2, 0.25) is 0 Å². The molecule has 0 bridgehead atoms. The molecular weight excluding hydrogens is 233 g/mol. The maximum atomic E-state index is 12.1. The van der Waals surface area contributed by atoms with Crippen molar-refractivity contribution in [1.29, 1.82) is 5.26 Å². The molecule has 0 saturated carbocycles. The average Bonchev–Trinajstić information content (AvgIpc) is 2.19. The highest BCUT2D eigenvalue weighted by atomic mass is 19.4. The van der Waals surface area contributed by atoms with Gasteiger partial charge in [0.15, 0.2) is 5.92 Å². The molecule has 1 N–H and O–H groups in total. The third-order valence-electron chi connectivity index (χ3n) is 2.16. The molecule has 0 heterocycles. The van der Waals surface area contributed by atoms with Gasteiger partial charge in [-0.15, -0.1) is 0 Å². The summed E-state index contributed by atoms with van der Waals surface area (Å²) < 4.78 is 41.7. The molecule has 3 nitrogen and oxygen atoms in total. The van der Waals surface area contributed by atoms with Crippen LogP contribution in [-0.4, -0.2) is 32.5 Å². The molecule has 0 aromatic heterocycles. The van der Waals surface area contributed by atoms with Crippen LogP contribution in [0.5, 0.6) is 0 Å². The molecule has 0 amide bonds. The van der Waals surface area contributed by atoms with E-state index in [2.05, 4.69) is 19.2 Å². The quantitative estimate of drug-likeness (QED) is 0.674. The fourth-order valence-corrected chi connectivity index (χ4v) is 1.05. The second-order valence-corrected chi connectivity index (χ2v) is 4.22. The van der Waals surface area contributed by atoms with Crippen molar-refractivity contribution in [3.05, 3.63) is 0 Å². The molecule has 1 unspecified atom stereocenters. The zero-order valence-electron chi connectivity index (χ0n) is 10.2. The van der Waals surface area contributed by atoms with Gasteiger partial charge < -0.3 is 10.1 Å². The highest BCUT2D eigenvalue weighted by Gasteiger charge is 2.39. The molecule has 0 aromatic rings. The molecule has 0 fully saturated rings. The molecule has 0 aromatic carbocycles. The third-order valence-corrected chi connectivity index (χ3v) is 2.16. The van der Waals surface area contributed by atoms with E-state index in [1.54, 1.807) is 0 Å². The van der Waals surface area contributed by atoms with Crippen LogP contribution in [0.4, 0.5) is 13.2 Å². The Balaban J connectivity index is 3.48. The van der Waals surface area contributed by atoms with Gasteiger partial charge in [-0.05, 0) is 12.3 Å². The second-order valence-electron chi connectivity index (χ2n) is 4.22. The number of nitriles is 1. The highest BCUT2D eigenvalue weighted by Crippen LogP contribution is 2.24. The Morgan fingerprint density at radius 2 is 1.94 bits per heavy atom. The highest BCUT2D eigenvalue weighted by molar-refractivity contribution is 4.89. The fourth-order valence-electron chi connectivity index (χ4n) is 1.05. The number of hydrogen-bond donors (Lipinski definition) is 1. The normalized spacial score (nSPS) is 13.7. The predicted octanol–water partition coefficient (Wildman–Crippen LogP) is 2.34. The smallest absolute Gasteiger partial charge is 0.380 e. The maximum absolute atomic E-state index is 12.1. The Kier molecular flexibility index (Phi) is 7.92. The van der Waals surface area contributed by atoms with Crippen molar-refractivity contribution in [1.82, 2.24) is 5.32 Å². The number of ether oxygens (including phenoxy) is 1. The van der Waals surface area contributed by atoms with E-state index in [1.165, 1.54) is 6.07 Å². The van der Waals surface area contributed by atoms with Crippen LogP contribution >= 0.6 is 0 Å². The summed E-state index contributed by atoms with van der Waals surface area (Å²) in [7, 11) is 0. The lowest BCUT2D eigenvalue weighted by molar-refractivity contribution is -0.157. The first-order valence-electron chi connectivity index (χ1n) is 5.62. The summed E-state index contributed by atoms with van der Waals surface area (Å²) in [4.78, 5) is 0. The van der Waals surface area contributed by atoms with E-state index in [4.69, 9.17) is 10.00 Å². The number of nitrogens with one attached hydrogen (secondary N) is 1. The molecule has 0 radical (unpaired) electrons. The summed E-state index contributed by atoms with van der Waals surface area (Å²) >= 11 is 0. The van der Waals surface area contributed by atoms with Gasteiger partial charge in [0.1, 0.15) is 0 Å². The van der Waals surface area contributed by atoms with Gasteiger partial charge in [-0.1, -0.05) is 13.8 Å². The molecule has 0 spiro atoms. The van der Waals surface area contributed by atoms with Gasteiger partial charge in [-0.3, -0.25) is 0 Å². The Bertz CT molecular complexity index is 236. The second kappa shape index (κ2) is 8.31. The molecule has 0 aliphatic heterocycles. The van der Waals surface area contributed by atoms with Crippen LogP contribution in [0, 0.1) is 23.2 Å². The van der Waals surface area contributed by atoms with Crippen LogP contribution < -0.4 is 5.32 Å². The topological polar surface area (TPSA) is 45.0 Å². The molecule has 6 heteroatoms. The zero-order chi connectivity index (χ0) is 13.3. The first kappa shape index (κ1) is 16.2. The van der Waals surface area contributed by atoms with E-state index in [1.807, 2.05) is 0 Å². The first-order valence-corrected chi connectivity index (χ1v) is 5.62. The first-order chi connectivity index (χ1) is 7.88. The molecule has 17 heavy (non-hydrogen) atoms. The standard InChI is InChI=1S/C11H19F3N2O/c1-9(2)3-5-17-6-4-16-8-10(7-15)11(12,13)14/h9-10,16H,3-6,8H2,1-2H3. The van der Waals surface area contributed by atoms with E-state index in [9.17, 15) is 13.2 Å². The minimum atomic E-state index is -4.46. The van der Waals surface area contributed by atoms with Crippen molar-refractivity contribution in [2.24, 2.45) is 11.8 Å². The lowest BCUT2D eigenvalue weighted by Gasteiger charge is -2.14. The number of nitrogens with zero attached hydrogens (tertiary/aromatic N) is 1. The summed E-state index contributed by atoms with van der Waals surface area (Å²) in [5.41, 5.74) is 0. The van der Waals surface area contributed by atoms with Gasteiger partial charge in [-0.2, -0.15) is 18.4 Å². The van der Waals surface area contributed by atoms with Gasteiger partial charge in [-0.25, -0.2) is 0 Å². The Hall–Kier alpha value is -0.800. The summed E-state index contributed by atoms with van der Waals surface area (Å²) in [6, 6.07) is 1.23. The summed E-state index contributed by atoms with van der Waals surface area (Å²) in [6.45, 7) is 5.06. The van der Waals surface area contributed by atoms with Gasteiger partial charge >= 0.3 is 6.18 Å². The van der Waals surface area contributed by atoms with Crippen molar-refractivity contribution < 1.29 is 17.9 Å². The van der Waals surface area contributed by atoms with Crippen LogP contribution in [0.1, 0.15) is 20.3 Å². The van der Waals surface area contributed by atoms with E-state index in [0.29, 0.717) is 25.7 Å². The van der Waals surface area contributed by atoms with E-state index in [-0.39, 0.29) is 6.54 Å². The zero-order valence-corrected chi connectivity index (χ0v) is 10.2. The number of halogens is 3. The lowest BCUT2D eigenvalue weighted by atomic mass is 10.1. The van der Waals surface area contributed by atoms with E-state index < -0.39 is 12.1 Å². The largest absolute Gasteiger partial charge is 0.405 e. The molecule has 100 valence electrons. The van der Waals surface area contributed by atoms with Crippen molar-refractivity contribution >= 4 is 0 Å². The minimum absolute atomic E-state index is 0.326. The van der Waals surface area contributed by atoms with Crippen molar-refractivity contribution in [2.45, 2.75) is 26.4 Å². The fraction of sp³-hybridized carbons (Fsp3) is 0.909. The molecule has 0 aliphatic carbocycles. The van der Waals surface area contributed by atoms with Crippen LogP contribution in [0.25, 0.3) is 0 Å². The van der Waals surface area contributed by atoms with Crippen molar-refractivity contribution in [3.8, 4) is 6.07 Å². The van der Waals surface area contributed by atoms with Crippen molar-refractivity contribution in [2.75, 3.05) is 26.3 Å². The monoisotopic (exact) mass is 252 g/mol. The van der Waals surface area contributed by atoms with Crippen LogP contribution in [0.3, 0.4) is 0 Å². The minimum Gasteiger partial charge on any atom is -0.380 e. The Morgan fingerprint density at radius 3 is 2.41 bits per heavy atom. The number of hydrogen-bond acceptors (Lipinski definition) is 3. The number of alkyl halides is 3. The average molecular weight is 252 g/mol. The molecule has 0 rings (SSSR count). The summed E-state index contributed by atoms with van der Waals surface area (Å²) in [5.74, 6) is -1.39. The molecule has 0 saturated heterocycles. The summed E-state index contributed by atoms with van der Waals surface area (Å²) in [5, 5.41) is 10.9. The maximum Gasteiger partial charge on any atom is 0.405 e. The molecular formula is C11H19F3N2O. The Labute approximate surface area is 99.9 Å². The van der Waals surface area contributed by atoms with E-state index in [0.717, 1.165) is 6.42 Å². The SMILES string of the molecule is CC(C)CCOCCNCC(C#N)C(F)(F)F. The molecule has 0 aliphatic rings. The van der Waals surface area contributed by atoms with Gasteiger partial charge in [0, 0.05) is 19.7 Å². The van der Waals surface area contributed by atoms with Gasteiger partial charge in [0.2, 0.25) is 0 Å². The number of rotatable bonds is 8. The van der Waals surface area contributed by atoms with Crippen LogP contribution in [-0.2, 0) is 4.74 Å². The van der Waals surface area contributed by atoms with Crippen molar-refractivity contribution in [3.63, 3.8) is 0 Å².